The topological polar surface area (TPSA) is 58.2 Å². The smallest absolute Gasteiger partial charge is 0.224 e. The highest BCUT2D eigenvalue weighted by Gasteiger charge is 2.35. The van der Waals surface area contributed by atoms with Gasteiger partial charge in [0.1, 0.15) is 0 Å². The molecule has 2 unspecified atom stereocenters. The highest BCUT2D eigenvalue weighted by Crippen LogP contribution is 2.27. The van der Waals surface area contributed by atoms with Crippen molar-refractivity contribution in [3.8, 4) is 0 Å². The Balaban J connectivity index is 1.60. The molecule has 4 atom stereocenters. The SMILES string of the molecule is O=C(NC1C=CCCC1)[C@H]1CC=CC[C@H]1C(=O)NC1C=CCCC1. The van der Waals surface area contributed by atoms with E-state index in [0.29, 0.717) is 12.8 Å². The Morgan fingerprint density at radius 1 is 0.708 bits per heavy atom. The molecule has 4 nitrogen and oxygen atoms in total. The Hall–Kier alpha value is -1.84. The average Bonchev–Trinajstić information content (AvgIpc) is 2.63. The van der Waals surface area contributed by atoms with Crippen LogP contribution in [0.25, 0.3) is 0 Å². The zero-order valence-corrected chi connectivity index (χ0v) is 14.2. The number of allylic oxidation sites excluding steroid dienone is 4. The summed E-state index contributed by atoms with van der Waals surface area (Å²) in [6.45, 7) is 0. The molecule has 2 amide bonds. The highest BCUT2D eigenvalue weighted by atomic mass is 16.2. The van der Waals surface area contributed by atoms with Crippen LogP contribution in [0.4, 0.5) is 0 Å². The zero-order chi connectivity index (χ0) is 16.8. The van der Waals surface area contributed by atoms with Gasteiger partial charge in [-0.05, 0) is 51.4 Å². The van der Waals surface area contributed by atoms with E-state index in [2.05, 4.69) is 34.9 Å². The standard InChI is InChI=1S/C20H28N2O2/c23-19(21-15-9-3-1-4-10-15)17-13-7-8-14-18(17)20(24)22-16-11-5-2-6-12-16/h3,5,7-9,11,15-18H,1-2,4,6,10,12-14H2,(H,21,23)(H,22,24)/t15?,16?,17-,18+. The fourth-order valence-corrected chi connectivity index (χ4v) is 3.84. The summed E-state index contributed by atoms with van der Waals surface area (Å²) in [7, 11) is 0. The normalized spacial score (nSPS) is 32.3. The Morgan fingerprint density at radius 3 is 1.54 bits per heavy atom. The van der Waals surface area contributed by atoms with Crippen molar-refractivity contribution in [2.75, 3.05) is 0 Å². The highest BCUT2D eigenvalue weighted by molar-refractivity contribution is 5.88. The summed E-state index contributed by atoms with van der Waals surface area (Å²) >= 11 is 0. The Bertz CT molecular complexity index is 502. The van der Waals surface area contributed by atoms with Gasteiger partial charge in [0, 0.05) is 12.1 Å². The van der Waals surface area contributed by atoms with Gasteiger partial charge in [0.05, 0.1) is 11.8 Å². The summed E-state index contributed by atoms with van der Waals surface area (Å²) in [5.74, 6) is -0.457. The van der Waals surface area contributed by atoms with Crippen molar-refractivity contribution in [2.24, 2.45) is 11.8 Å². The van der Waals surface area contributed by atoms with E-state index in [4.69, 9.17) is 0 Å². The van der Waals surface area contributed by atoms with E-state index in [1.165, 1.54) is 0 Å². The van der Waals surface area contributed by atoms with E-state index in [9.17, 15) is 9.59 Å². The van der Waals surface area contributed by atoms with E-state index in [-0.39, 0.29) is 35.7 Å². The van der Waals surface area contributed by atoms with Gasteiger partial charge < -0.3 is 10.6 Å². The van der Waals surface area contributed by atoms with Crippen LogP contribution in [-0.4, -0.2) is 23.9 Å². The van der Waals surface area contributed by atoms with E-state index in [1.54, 1.807) is 0 Å². The van der Waals surface area contributed by atoms with Gasteiger partial charge in [-0.3, -0.25) is 9.59 Å². The zero-order valence-electron chi connectivity index (χ0n) is 14.2. The molecule has 2 N–H and O–H groups in total. The first-order chi connectivity index (χ1) is 11.7. The van der Waals surface area contributed by atoms with Crippen molar-refractivity contribution in [3.05, 3.63) is 36.5 Å². The molecule has 0 aromatic heterocycles. The molecule has 0 radical (unpaired) electrons. The minimum absolute atomic E-state index is 0.0234. The molecule has 0 spiro atoms. The van der Waals surface area contributed by atoms with Crippen LogP contribution in [0, 0.1) is 11.8 Å². The van der Waals surface area contributed by atoms with Crippen LogP contribution in [0.3, 0.4) is 0 Å². The molecule has 0 bridgehead atoms. The Labute approximate surface area is 144 Å². The number of hydrogen-bond donors (Lipinski definition) is 2. The predicted octanol–water partition coefficient (Wildman–Crippen LogP) is 3.02. The molecule has 0 aliphatic heterocycles. The summed E-state index contributed by atoms with van der Waals surface area (Å²) in [6.07, 6.45) is 20.2. The third-order valence-electron chi connectivity index (χ3n) is 5.27. The Morgan fingerprint density at radius 2 is 1.17 bits per heavy atom. The van der Waals surface area contributed by atoms with Gasteiger partial charge >= 0.3 is 0 Å². The van der Waals surface area contributed by atoms with E-state index in [1.807, 2.05) is 12.2 Å². The maximum atomic E-state index is 12.7. The van der Waals surface area contributed by atoms with E-state index < -0.39 is 0 Å². The van der Waals surface area contributed by atoms with E-state index >= 15 is 0 Å². The first kappa shape index (κ1) is 17.0. The second-order valence-corrected chi connectivity index (χ2v) is 7.10. The molecule has 3 aliphatic carbocycles. The molecule has 130 valence electrons. The van der Waals surface area contributed by atoms with Crippen molar-refractivity contribution in [2.45, 2.75) is 63.5 Å². The number of carbonyl (C=O) groups excluding carboxylic acids is 2. The van der Waals surface area contributed by atoms with Gasteiger partial charge in [0.25, 0.3) is 0 Å². The summed E-state index contributed by atoms with van der Waals surface area (Å²) < 4.78 is 0. The number of hydrogen-bond acceptors (Lipinski definition) is 2. The largest absolute Gasteiger partial charge is 0.350 e. The minimum atomic E-state index is -0.252. The number of nitrogens with one attached hydrogen (secondary N) is 2. The van der Waals surface area contributed by atoms with Gasteiger partial charge in [-0.25, -0.2) is 0 Å². The predicted molar refractivity (Wildman–Crippen MR) is 95.2 cm³/mol. The molecule has 24 heavy (non-hydrogen) atoms. The first-order valence-electron chi connectivity index (χ1n) is 9.33. The molecule has 0 saturated carbocycles. The second kappa shape index (κ2) is 8.32. The van der Waals surface area contributed by atoms with Crippen molar-refractivity contribution in [1.29, 1.82) is 0 Å². The van der Waals surface area contributed by atoms with Gasteiger partial charge in [-0.1, -0.05) is 36.5 Å². The first-order valence-corrected chi connectivity index (χ1v) is 9.33. The molecule has 0 saturated heterocycles. The molecule has 0 fully saturated rings. The van der Waals surface area contributed by atoms with Gasteiger partial charge in [0.15, 0.2) is 0 Å². The summed E-state index contributed by atoms with van der Waals surface area (Å²) in [4.78, 5) is 25.4. The van der Waals surface area contributed by atoms with Gasteiger partial charge in [-0.15, -0.1) is 0 Å². The Kier molecular flexibility index (Phi) is 5.89. The monoisotopic (exact) mass is 328 g/mol. The van der Waals surface area contributed by atoms with Crippen molar-refractivity contribution in [3.63, 3.8) is 0 Å². The molecule has 4 heteroatoms. The van der Waals surface area contributed by atoms with Crippen LogP contribution in [0.2, 0.25) is 0 Å². The number of rotatable bonds is 4. The molecule has 3 aliphatic rings. The van der Waals surface area contributed by atoms with Crippen LogP contribution in [0.5, 0.6) is 0 Å². The van der Waals surface area contributed by atoms with Gasteiger partial charge in [-0.2, -0.15) is 0 Å². The molecule has 0 aromatic carbocycles. The fourth-order valence-electron chi connectivity index (χ4n) is 3.84. The third-order valence-corrected chi connectivity index (χ3v) is 5.27. The van der Waals surface area contributed by atoms with Crippen LogP contribution >= 0.6 is 0 Å². The fraction of sp³-hybridized carbons (Fsp3) is 0.600. The molecular formula is C20H28N2O2. The average molecular weight is 328 g/mol. The quantitative estimate of drug-likeness (QED) is 0.779. The second-order valence-electron chi connectivity index (χ2n) is 7.10. The molecule has 0 heterocycles. The lowest BCUT2D eigenvalue weighted by molar-refractivity contribution is -0.135. The van der Waals surface area contributed by atoms with Crippen LogP contribution < -0.4 is 10.6 Å². The van der Waals surface area contributed by atoms with Crippen LogP contribution in [0.15, 0.2) is 36.5 Å². The summed E-state index contributed by atoms with van der Waals surface area (Å²) in [6, 6.07) is 0.254. The van der Waals surface area contributed by atoms with Crippen molar-refractivity contribution in [1.82, 2.24) is 10.6 Å². The summed E-state index contributed by atoms with van der Waals surface area (Å²) in [5, 5.41) is 6.25. The maximum absolute atomic E-state index is 12.7. The maximum Gasteiger partial charge on any atom is 0.224 e. The lowest BCUT2D eigenvalue weighted by atomic mass is 9.81. The van der Waals surface area contributed by atoms with E-state index in [0.717, 1.165) is 38.5 Å². The number of carbonyl (C=O) groups is 2. The minimum Gasteiger partial charge on any atom is -0.350 e. The van der Waals surface area contributed by atoms with Crippen molar-refractivity contribution >= 4 is 11.8 Å². The molecule has 3 rings (SSSR count). The lowest BCUT2D eigenvalue weighted by Crippen LogP contribution is -2.47. The number of amides is 2. The lowest BCUT2D eigenvalue weighted by Gasteiger charge is -2.30. The van der Waals surface area contributed by atoms with Crippen molar-refractivity contribution < 1.29 is 9.59 Å². The third kappa shape index (κ3) is 4.37. The van der Waals surface area contributed by atoms with Crippen LogP contribution in [0.1, 0.15) is 51.4 Å². The molecular weight excluding hydrogens is 300 g/mol. The summed E-state index contributed by atoms with van der Waals surface area (Å²) in [5.41, 5.74) is 0. The molecule has 0 aromatic rings. The van der Waals surface area contributed by atoms with Gasteiger partial charge in [0.2, 0.25) is 11.8 Å². The van der Waals surface area contributed by atoms with Crippen LogP contribution in [-0.2, 0) is 9.59 Å².